The summed E-state index contributed by atoms with van der Waals surface area (Å²) in [6.07, 6.45) is 10.1. The Labute approximate surface area is 200 Å². The minimum Gasteiger partial charge on any atom is -0.300 e. The molecule has 2 unspecified atom stereocenters. The van der Waals surface area contributed by atoms with Crippen molar-refractivity contribution in [1.82, 2.24) is 4.90 Å². The normalized spacial score (nSPS) is 17.6. The maximum atomic E-state index is 10.6. The summed E-state index contributed by atoms with van der Waals surface area (Å²) in [5.41, 5.74) is 1.96. The van der Waals surface area contributed by atoms with Gasteiger partial charge in [0.1, 0.15) is 0 Å². The predicted octanol–water partition coefficient (Wildman–Crippen LogP) is 7.81. The molecule has 32 heavy (non-hydrogen) atoms. The van der Waals surface area contributed by atoms with Crippen molar-refractivity contribution in [2.75, 3.05) is 13.1 Å². The summed E-state index contributed by atoms with van der Waals surface area (Å²) < 4.78 is 0. The monoisotopic (exact) mass is 450 g/mol. The molecule has 1 aliphatic rings. The van der Waals surface area contributed by atoms with Gasteiger partial charge in [-0.15, -0.1) is 0 Å². The maximum absolute atomic E-state index is 10.6. The highest BCUT2D eigenvalue weighted by molar-refractivity contribution is 6.31. The van der Waals surface area contributed by atoms with Crippen molar-refractivity contribution in [1.29, 1.82) is 5.26 Å². The Bertz CT molecular complexity index is 853. The van der Waals surface area contributed by atoms with Crippen molar-refractivity contribution in [3.63, 3.8) is 0 Å². The Kier molecular flexibility index (Phi) is 9.64. The second-order valence-corrected chi connectivity index (χ2v) is 9.96. The number of rotatable bonds is 11. The molecule has 1 fully saturated rings. The van der Waals surface area contributed by atoms with Gasteiger partial charge in [0.25, 0.3) is 0 Å². The topological polar surface area (TPSA) is 27.0 Å². The van der Waals surface area contributed by atoms with E-state index in [1.807, 2.05) is 18.2 Å². The molecular formula is C29H39ClN2. The standard InChI is InChI=1S/C29H39ClN2/c1-3-21-32(22-19-25-12-6-4-7-13-25)24(2)18-20-29(23-31,26-14-8-5-9-15-26)27-16-10-11-17-28(27)30/h4,6-7,10-13,16-17,24,26H,3,5,8-9,14-15,18-22H2,1-2H3. The Morgan fingerprint density at radius 2 is 1.72 bits per heavy atom. The number of benzene rings is 2. The van der Waals surface area contributed by atoms with E-state index in [2.05, 4.69) is 61.2 Å². The van der Waals surface area contributed by atoms with Gasteiger partial charge in [0.15, 0.2) is 0 Å². The van der Waals surface area contributed by atoms with Gasteiger partial charge in [0.05, 0.1) is 11.5 Å². The van der Waals surface area contributed by atoms with Crippen molar-refractivity contribution >= 4 is 11.6 Å². The first-order chi connectivity index (χ1) is 15.6. The Morgan fingerprint density at radius 3 is 2.38 bits per heavy atom. The molecule has 0 N–H and O–H groups in total. The minimum absolute atomic E-state index is 0.400. The molecule has 3 heteroatoms. The van der Waals surface area contributed by atoms with Crippen LogP contribution in [0.3, 0.4) is 0 Å². The van der Waals surface area contributed by atoms with Crippen molar-refractivity contribution in [3.05, 3.63) is 70.7 Å². The molecule has 0 radical (unpaired) electrons. The predicted molar refractivity (Wildman–Crippen MR) is 136 cm³/mol. The molecule has 0 saturated heterocycles. The fourth-order valence-electron chi connectivity index (χ4n) is 5.56. The summed E-state index contributed by atoms with van der Waals surface area (Å²) in [6.45, 7) is 6.76. The van der Waals surface area contributed by atoms with Crippen LogP contribution in [0, 0.1) is 17.2 Å². The third kappa shape index (κ3) is 6.15. The Hall–Kier alpha value is -1.82. The average molecular weight is 451 g/mol. The average Bonchev–Trinajstić information content (AvgIpc) is 2.84. The maximum Gasteiger partial charge on any atom is 0.0865 e. The first-order valence-electron chi connectivity index (χ1n) is 12.5. The lowest BCUT2D eigenvalue weighted by Crippen LogP contribution is -2.40. The molecule has 172 valence electrons. The van der Waals surface area contributed by atoms with E-state index in [-0.39, 0.29) is 0 Å². The van der Waals surface area contributed by atoms with Gasteiger partial charge in [-0.25, -0.2) is 0 Å². The number of hydrogen-bond acceptors (Lipinski definition) is 2. The second-order valence-electron chi connectivity index (χ2n) is 9.56. The lowest BCUT2D eigenvalue weighted by atomic mass is 9.63. The fraction of sp³-hybridized carbons (Fsp3) is 0.552. The van der Waals surface area contributed by atoms with Crippen LogP contribution in [0.2, 0.25) is 5.02 Å². The van der Waals surface area contributed by atoms with Gasteiger partial charge in [-0.1, -0.05) is 86.3 Å². The van der Waals surface area contributed by atoms with Crippen LogP contribution in [-0.2, 0) is 11.8 Å². The molecule has 0 heterocycles. The van der Waals surface area contributed by atoms with Crippen LogP contribution in [0.5, 0.6) is 0 Å². The van der Waals surface area contributed by atoms with E-state index >= 15 is 0 Å². The largest absolute Gasteiger partial charge is 0.300 e. The quantitative estimate of drug-likeness (QED) is 0.349. The molecule has 0 bridgehead atoms. The smallest absolute Gasteiger partial charge is 0.0865 e. The number of halogens is 1. The van der Waals surface area contributed by atoms with E-state index < -0.39 is 5.41 Å². The molecule has 0 aromatic heterocycles. The summed E-state index contributed by atoms with van der Waals surface area (Å²) >= 11 is 6.69. The molecule has 2 aromatic carbocycles. The van der Waals surface area contributed by atoms with Crippen LogP contribution in [0.1, 0.15) is 76.3 Å². The molecule has 1 aliphatic carbocycles. The van der Waals surface area contributed by atoms with Gasteiger partial charge in [0, 0.05) is 17.6 Å². The first-order valence-corrected chi connectivity index (χ1v) is 12.9. The molecule has 0 aliphatic heterocycles. The van der Waals surface area contributed by atoms with Crippen LogP contribution in [-0.4, -0.2) is 24.0 Å². The second kappa shape index (κ2) is 12.4. The fourth-order valence-corrected chi connectivity index (χ4v) is 5.87. The summed E-state index contributed by atoms with van der Waals surface area (Å²) in [5, 5.41) is 11.3. The third-order valence-electron chi connectivity index (χ3n) is 7.48. The molecule has 1 saturated carbocycles. The summed E-state index contributed by atoms with van der Waals surface area (Å²) in [6, 6.07) is 22.1. The summed E-state index contributed by atoms with van der Waals surface area (Å²) in [7, 11) is 0. The van der Waals surface area contributed by atoms with Crippen molar-refractivity contribution in [2.45, 2.75) is 83.1 Å². The zero-order valence-corrected chi connectivity index (χ0v) is 20.7. The highest BCUT2D eigenvalue weighted by atomic mass is 35.5. The first kappa shape index (κ1) is 24.8. The van der Waals surface area contributed by atoms with Gasteiger partial charge in [0.2, 0.25) is 0 Å². The van der Waals surface area contributed by atoms with E-state index in [0.29, 0.717) is 12.0 Å². The summed E-state index contributed by atoms with van der Waals surface area (Å²) in [5.74, 6) is 0.400. The molecule has 2 atom stereocenters. The lowest BCUT2D eigenvalue weighted by molar-refractivity contribution is 0.173. The van der Waals surface area contributed by atoms with E-state index in [1.54, 1.807) is 0 Å². The van der Waals surface area contributed by atoms with Gasteiger partial charge in [-0.3, -0.25) is 0 Å². The molecular weight excluding hydrogens is 412 g/mol. The van der Waals surface area contributed by atoms with Crippen LogP contribution in [0.25, 0.3) is 0 Å². The zero-order chi connectivity index (χ0) is 22.8. The molecule has 0 amide bonds. The van der Waals surface area contributed by atoms with E-state index in [0.717, 1.165) is 62.2 Å². The molecule has 0 spiro atoms. The van der Waals surface area contributed by atoms with E-state index in [1.165, 1.54) is 24.8 Å². The number of nitrogens with zero attached hydrogens (tertiary/aromatic N) is 2. The van der Waals surface area contributed by atoms with Crippen molar-refractivity contribution in [3.8, 4) is 6.07 Å². The highest BCUT2D eigenvalue weighted by Gasteiger charge is 2.42. The van der Waals surface area contributed by atoms with Crippen LogP contribution in [0.4, 0.5) is 0 Å². The van der Waals surface area contributed by atoms with E-state index in [9.17, 15) is 5.26 Å². The number of hydrogen-bond donors (Lipinski definition) is 0. The van der Waals surface area contributed by atoms with Gasteiger partial charge < -0.3 is 4.90 Å². The lowest BCUT2D eigenvalue weighted by Gasteiger charge is -2.40. The SMILES string of the molecule is CCCN(CCc1ccccc1)C(C)CCC(C#N)(c1ccccc1Cl)C1CCCCC1. The Balaban J connectivity index is 1.76. The van der Waals surface area contributed by atoms with Crippen LogP contribution >= 0.6 is 11.6 Å². The van der Waals surface area contributed by atoms with Gasteiger partial charge in [-0.2, -0.15) is 5.26 Å². The number of nitriles is 1. The molecule has 3 rings (SSSR count). The van der Waals surface area contributed by atoms with Crippen molar-refractivity contribution in [2.24, 2.45) is 5.92 Å². The van der Waals surface area contributed by atoms with Crippen LogP contribution in [0.15, 0.2) is 54.6 Å². The third-order valence-corrected chi connectivity index (χ3v) is 7.81. The summed E-state index contributed by atoms with van der Waals surface area (Å²) in [4.78, 5) is 2.61. The van der Waals surface area contributed by atoms with E-state index in [4.69, 9.17) is 11.6 Å². The van der Waals surface area contributed by atoms with Crippen LogP contribution < -0.4 is 0 Å². The Morgan fingerprint density at radius 1 is 1.03 bits per heavy atom. The minimum atomic E-state index is -0.482. The van der Waals surface area contributed by atoms with Crippen molar-refractivity contribution < 1.29 is 0 Å². The zero-order valence-electron chi connectivity index (χ0n) is 19.9. The molecule has 2 aromatic rings. The van der Waals surface area contributed by atoms with Gasteiger partial charge >= 0.3 is 0 Å². The highest BCUT2D eigenvalue weighted by Crippen LogP contribution is 2.46. The van der Waals surface area contributed by atoms with Gasteiger partial charge in [-0.05, 0) is 75.1 Å². The molecule has 2 nitrogen and oxygen atoms in total.